The summed E-state index contributed by atoms with van der Waals surface area (Å²) >= 11 is 0. The second kappa shape index (κ2) is 13.4. The van der Waals surface area contributed by atoms with Crippen LogP contribution in [0.25, 0.3) is 33.5 Å². The molecule has 10 nitrogen and oxygen atoms in total. The van der Waals surface area contributed by atoms with Crippen LogP contribution in [-0.4, -0.2) is 58.5 Å². The van der Waals surface area contributed by atoms with Crippen LogP contribution < -0.4 is 11.2 Å². The lowest BCUT2D eigenvalue weighted by Gasteiger charge is -2.29. The van der Waals surface area contributed by atoms with Gasteiger partial charge in [0.2, 0.25) is 0 Å². The van der Waals surface area contributed by atoms with Crippen molar-refractivity contribution in [3.63, 3.8) is 0 Å². The number of likely N-dealkylation sites (tertiary alicyclic amines) is 1. The summed E-state index contributed by atoms with van der Waals surface area (Å²) in [5, 5.41) is 9.88. The topological polar surface area (TPSA) is 115 Å². The van der Waals surface area contributed by atoms with Crippen molar-refractivity contribution in [2.45, 2.75) is 57.2 Å². The van der Waals surface area contributed by atoms with Crippen molar-refractivity contribution in [1.29, 1.82) is 0 Å². The van der Waals surface area contributed by atoms with Crippen LogP contribution in [0, 0.1) is 17.6 Å². The minimum atomic E-state index is -0.675. The summed E-state index contributed by atoms with van der Waals surface area (Å²) in [6, 6.07) is 19.1. The average molecular weight is 691 g/mol. The molecule has 0 unspecified atom stereocenters. The maximum Gasteiger partial charge on any atom is 0.337 e. The first-order chi connectivity index (χ1) is 24.7. The van der Waals surface area contributed by atoms with Crippen LogP contribution in [0.5, 0.6) is 0 Å². The fraction of sp³-hybridized carbons (Fsp3) is 0.308. The Morgan fingerprint density at radius 3 is 2.45 bits per heavy atom. The van der Waals surface area contributed by atoms with Crippen LogP contribution in [0.15, 0.2) is 94.9 Å². The Morgan fingerprint density at radius 2 is 1.69 bits per heavy atom. The molecule has 0 bridgehead atoms. The molecular weight excluding hydrogens is 654 g/mol. The van der Waals surface area contributed by atoms with Gasteiger partial charge in [0, 0.05) is 44.5 Å². The van der Waals surface area contributed by atoms with E-state index in [9.17, 15) is 28.3 Å². The number of ketones is 1. The van der Waals surface area contributed by atoms with Crippen molar-refractivity contribution in [1.82, 2.24) is 28.4 Å². The summed E-state index contributed by atoms with van der Waals surface area (Å²) in [5.74, 6) is -1.22. The lowest BCUT2D eigenvalue weighted by atomic mass is 9.82. The highest BCUT2D eigenvalue weighted by molar-refractivity contribution is 5.95. The summed E-state index contributed by atoms with van der Waals surface area (Å²) in [5.41, 5.74) is 3.12. The van der Waals surface area contributed by atoms with Crippen LogP contribution in [0.3, 0.4) is 0 Å². The Balaban J connectivity index is 1.05. The number of aliphatic hydroxyl groups excluding tert-OH is 1. The third-order valence-corrected chi connectivity index (χ3v) is 10.3. The van der Waals surface area contributed by atoms with E-state index in [1.807, 2.05) is 30.3 Å². The SMILES string of the molecule is O=C(CC1CCC(n2c(=O)c3cc(F)cnc3n(-c3cccc(-c4ccc(CN5CC[C@@H](O)C5)cc4)c3)c2=O)CC1)c1cn2cc(F)ccc2n1. The number of rotatable bonds is 8. The molecule has 0 amide bonds. The molecule has 6 aromatic rings. The van der Waals surface area contributed by atoms with Crippen LogP contribution in [0.1, 0.15) is 60.6 Å². The Kier molecular flexibility index (Phi) is 8.64. The zero-order chi connectivity index (χ0) is 35.2. The lowest BCUT2D eigenvalue weighted by molar-refractivity contribution is 0.0938. The van der Waals surface area contributed by atoms with Crippen molar-refractivity contribution < 1.29 is 18.7 Å². The van der Waals surface area contributed by atoms with Crippen molar-refractivity contribution in [2.24, 2.45) is 5.92 Å². The smallest absolute Gasteiger partial charge is 0.337 e. The largest absolute Gasteiger partial charge is 0.392 e. The van der Waals surface area contributed by atoms with Crippen molar-refractivity contribution in [3.8, 4) is 16.8 Å². The summed E-state index contributed by atoms with van der Waals surface area (Å²) in [6.07, 6.45) is 6.75. The van der Waals surface area contributed by atoms with E-state index in [0.717, 1.165) is 48.5 Å². The number of carbonyl (C=O) groups is 1. The molecule has 1 atom stereocenters. The van der Waals surface area contributed by atoms with Crippen LogP contribution in [-0.2, 0) is 6.54 Å². The number of fused-ring (bicyclic) bond motifs is 2. The van der Waals surface area contributed by atoms with Gasteiger partial charge in [0.15, 0.2) is 11.4 Å². The van der Waals surface area contributed by atoms with Gasteiger partial charge in [-0.2, -0.15) is 0 Å². The first kappa shape index (κ1) is 32.9. The summed E-state index contributed by atoms with van der Waals surface area (Å²) in [4.78, 5) is 52.0. The van der Waals surface area contributed by atoms with Gasteiger partial charge in [0.05, 0.1) is 23.4 Å². The summed E-state index contributed by atoms with van der Waals surface area (Å²) in [7, 11) is 0. The van der Waals surface area contributed by atoms with E-state index in [-0.39, 0.29) is 41.0 Å². The van der Waals surface area contributed by atoms with E-state index in [2.05, 4.69) is 27.0 Å². The monoisotopic (exact) mass is 690 g/mol. The van der Waals surface area contributed by atoms with Crippen LogP contribution in [0.4, 0.5) is 8.78 Å². The van der Waals surface area contributed by atoms with Gasteiger partial charge in [-0.05, 0) is 85.0 Å². The number of carbonyl (C=O) groups excluding carboxylic acids is 1. The molecule has 1 saturated heterocycles. The molecule has 0 spiro atoms. The number of hydrogen-bond acceptors (Lipinski definition) is 7. The predicted octanol–water partition coefficient (Wildman–Crippen LogP) is 5.71. The number of β-amino-alcohol motifs (C(OH)–C–C–N with tert-alkyl or cyclic N) is 1. The minimum absolute atomic E-state index is 0.0111. The number of nitrogens with zero attached hydrogens (tertiary/aromatic N) is 6. The molecule has 4 aromatic heterocycles. The standard InChI is InChI=1S/C39H36F2N6O4/c40-28-10-13-36-43-34(23-45(36)21-28)35(49)16-24-6-11-30(12-7-24)47-38(50)33-18-29(41)19-42-37(33)46(39(47)51)31-3-1-2-27(17-31)26-8-4-25(5-9-26)20-44-15-14-32(48)22-44/h1-5,8-10,13,17-19,21,23-24,30,32,48H,6-7,11-12,14-16,20,22H2/t24?,30?,32-/m1/s1. The Labute approximate surface area is 291 Å². The lowest BCUT2D eigenvalue weighted by Crippen LogP contribution is -2.43. The maximum atomic E-state index is 14.5. The molecule has 1 N–H and O–H groups in total. The first-order valence-corrected chi connectivity index (χ1v) is 17.3. The predicted molar refractivity (Wildman–Crippen MR) is 188 cm³/mol. The molecule has 0 radical (unpaired) electrons. The fourth-order valence-electron chi connectivity index (χ4n) is 7.65. The number of pyridine rings is 2. The molecule has 1 aliphatic heterocycles. The second-order valence-corrected chi connectivity index (χ2v) is 13.8. The summed E-state index contributed by atoms with van der Waals surface area (Å²) < 4.78 is 32.3. The molecule has 2 aliphatic rings. The van der Waals surface area contributed by atoms with Gasteiger partial charge in [-0.25, -0.2) is 28.1 Å². The third kappa shape index (κ3) is 6.52. The number of aliphatic hydroxyl groups is 1. The zero-order valence-corrected chi connectivity index (χ0v) is 27.8. The van der Waals surface area contributed by atoms with Gasteiger partial charge in [-0.3, -0.25) is 19.1 Å². The van der Waals surface area contributed by atoms with E-state index in [1.165, 1.54) is 38.1 Å². The zero-order valence-electron chi connectivity index (χ0n) is 27.8. The molecule has 12 heteroatoms. The molecule has 2 aromatic carbocycles. The maximum absolute atomic E-state index is 14.5. The number of hydrogen-bond donors (Lipinski definition) is 1. The van der Waals surface area contributed by atoms with Gasteiger partial charge >= 0.3 is 5.69 Å². The Hall–Kier alpha value is -5.33. The average Bonchev–Trinajstić information content (AvgIpc) is 3.75. The molecule has 2 fully saturated rings. The van der Waals surface area contributed by atoms with Gasteiger partial charge in [-0.1, -0.05) is 36.4 Å². The highest BCUT2D eigenvalue weighted by atomic mass is 19.1. The highest BCUT2D eigenvalue weighted by Gasteiger charge is 2.29. The first-order valence-electron chi connectivity index (χ1n) is 17.3. The Morgan fingerprint density at radius 1 is 0.882 bits per heavy atom. The van der Waals surface area contributed by atoms with E-state index >= 15 is 0 Å². The normalized spacial score (nSPS) is 19.6. The van der Waals surface area contributed by atoms with Crippen molar-refractivity contribution in [3.05, 3.63) is 129 Å². The molecule has 1 saturated carbocycles. The van der Waals surface area contributed by atoms with Crippen LogP contribution >= 0.6 is 0 Å². The number of halogens is 2. The van der Waals surface area contributed by atoms with Gasteiger partial charge in [0.25, 0.3) is 5.56 Å². The number of imidazole rings is 1. The molecular formula is C39H36F2N6O4. The quantitative estimate of drug-likeness (QED) is 0.204. The second-order valence-electron chi connectivity index (χ2n) is 13.8. The fourth-order valence-corrected chi connectivity index (χ4v) is 7.65. The molecule has 8 rings (SSSR count). The minimum Gasteiger partial charge on any atom is -0.392 e. The van der Waals surface area contributed by atoms with E-state index in [1.54, 1.807) is 6.07 Å². The van der Waals surface area contributed by atoms with Crippen LogP contribution in [0.2, 0.25) is 0 Å². The number of aromatic nitrogens is 5. The van der Waals surface area contributed by atoms with E-state index in [4.69, 9.17) is 0 Å². The number of benzene rings is 2. The van der Waals surface area contributed by atoms with E-state index in [0.29, 0.717) is 43.6 Å². The van der Waals surface area contributed by atoms with Crippen molar-refractivity contribution in [2.75, 3.05) is 13.1 Å². The molecule has 1 aliphatic carbocycles. The third-order valence-electron chi connectivity index (χ3n) is 10.3. The summed E-state index contributed by atoms with van der Waals surface area (Å²) in [6.45, 7) is 2.29. The number of Topliss-reactive ketones (excluding diaryl/α,β-unsaturated/α-hetero) is 1. The van der Waals surface area contributed by atoms with Gasteiger partial charge in [-0.15, -0.1) is 0 Å². The van der Waals surface area contributed by atoms with E-state index < -0.39 is 28.9 Å². The molecule has 51 heavy (non-hydrogen) atoms. The van der Waals surface area contributed by atoms with Gasteiger partial charge in [0.1, 0.15) is 23.0 Å². The van der Waals surface area contributed by atoms with Gasteiger partial charge < -0.3 is 9.51 Å². The van der Waals surface area contributed by atoms with Crippen molar-refractivity contribution >= 4 is 22.5 Å². The highest BCUT2D eigenvalue weighted by Crippen LogP contribution is 2.34. The molecule has 260 valence electrons. The Bertz CT molecular complexity index is 2390. The molecule has 5 heterocycles.